The zero-order chi connectivity index (χ0) is 12.3. The Bertz CT molecular complexity index is 286. The van der Waals surface area contributed by atoms with Crippen LogP contribution in [0.25, 0.3) is 0 Å². The van der Waals surface area contributed by atoms with E-state index in [0.717, 1.165) is 19.6 Å². The van der Waals surface area contributed by atoms with Crippen LogP contribution in [0.5, 0.6) is 0 Å². The fourth-order valence-corrected chi connectivity index (χ4v) is 2.33. The maximum absolute atomic E-state index is 11.4. The molecule has 6 nitrogen and oxygen atoms in total. The van der Waals surface area contributed by atoms with Crippen LogP contribution in [0, 0.1) is 0 Å². The summed E-state index contributed by atoms with van der Waals surface area (Å²) in [6.07, 6.45) is 2.46. The lowest BCUT2D eigenvalue weighted by Gasteiger charge is -2.22. The topological polar surface area (TPSA) is 64.7 Å². The van der Waals surface area contributed by atoms with Crippen molar-refractivity contribution in [2.75, 3.05) is 39.8 Å². The van der Waals surface area contributed by atoms with Crippen molar-refractivity contribution < 1.29 is 9.59 Å². The molecule has 0 aliphatic carbocycles. The number of urea groups is 1. The number of likely N-dealkylation sites (N-methyl/N-ethyl adjacent to an activating group) is 1. The Morgan fingerprint density at radius 1 is 1.47 bits per heavy atom. The molecule has 2 fully saturated rings. The van der Waals surface area contributed by atoms with Crippen molar-refractivity contribution in [1.82, 2.24) is 20.4 Å². The van der Waals surface area contributed by atoms with Gasteiger partial charge in [0.05, 0.1) is 6.54 Å². The second-order valence-electron chi connectivity index (χ2n) is 4.76. The number of nitrogens with zero attached hydrogens (tertiary/aromatic N) is 2. The van der Waals surface area contributed by atoms with Crippen LogP contribution in [0.15, 0.2) is 0 Å². The van der Waals surface area contributed by atoms with Gasteiger partial charge in [0.1, 0.15) is 0 Å². The quantitative estimate of drug-likeness (QED) is 0.619. The van der Waals surface area contributed by atoms with Gasteiger partial charge in [0, 0.05) is 25.7 Å². The molecule has 3 amide bonds. The summed E-state index contributed by atoms with van der Waals surface area (Å²) in [7, 11) is 2.03. The Labute approximate surface area is 101 Å². The minimum Gasteiger partial charge on any atom is -0.329 e. The van der Waals surface area contributed by atoms with Gasteiger partial charge >= 0.3 is 6.03 Å². The molecule has 0 aromatic rings. The number of imide groups is 1. The number of amides is 3. The van der Waals surface area contributed by atoms with Gasteiger partial charge in [-0.3, -0.25) is 9.69 Å². The predicted molar refractivity (Wildman–Crippen MR) is 63.6 cm³/mol. The lowest BCUT2D eigenvalue weighted by Crippen LogP contribution is -2.41. The molecule has 0 aromatic carbocycles. The van der Waals surface area contributed by atoms with Crippen LogP contribution in [0.4, 0.5) is 4.79 Å². The van der Waals surface area contributed by atoms with Gasteiger partial charge in [-0.1, -0.05) is 0 Å². The van der Waals surface area contributed by atoms with Crippen LogP contribution < -0.4 is 10.6 Å². The van der Waals surface area contributed by atoms with E-state index in [1.807, 2.05) is 7.05 Å². The Morgan fingerprint density at radius 3 is 2.88 bits per heavy atom. The third-order valence-corrected chi connectivity index (χ3v) is 3.34. The average molecular weight is 240 g/mol. The van der Waals surface area contributed by atoms with Crippen molar-refractivity contribution in [2.24, 2.45) is 0 Å². The Balaban J connectivity index is 1.70. The first kappa shape index (κ1) is 12.3. The molecule has 2 heterocycles. The van der Waals surface area contributed by atoms with Gasteiger partial charge in [0.15, 0.2) is 0 Å². The molecule has 0 saturated carbocycles. The van der Waals surface area contributed by atoms with Crippen molar-refractivity contribution in [3.05, 3.63) is 0 Å². The summed E-state index contributed by atoms with van der Waals surface area (Å²) >= 11 is 0. The fourth-order valence-electron chi connectivity index (χ4n) is 2.33. The van der Waals surface area contributed by atoms with Gasteiger partial charge in [-0.15, -0.1) is 0 Å². The maximum atomic E-state index is 11.4. The molecular formula is C11H20N4O2. The summed E-state index contributed by atoms with van der Waals surface area (Å²) in [6, 6.07) is 0.297. The maximum Gasteiger partial charge on any atom is 0.324 e. The molecule has 1 unspecified atom stereocenters. The summed E-state index contributed by atoms with van der Waals surface area (Å²) < 4.78 is 0. The van der Waals surface area contributed by atoms with Crippen LogP contribution in [0.1, 0.15) is 12.8 Å². The molecule has 2 aliphatic heterocycles. The summed E-state index contributed by atoms with van der Waals surface area (Å²) in [5.41, 5.74) is 0. The van der Waals surface area contributed by atoms with Crippen molar-refractivity contribution in [3.8, 4) is 0 Å². The van der Waals surface area contributed by atoms with Gasteiger partial charge in [0.2, 0.25) is 5.91 Å². The third kappa shape index (κ3) is 3.17. The second kappa shape index (κ2) is 5.46. The minimum absolute atomic E-state index is 0.123. The van der Waals surface area contributed by atoms with Crippen LogP contribution in [-0.2, 0) is 4.79 Å². The smallest absolute Gasteiger partial charge is 0.324 e. The molecule has 2 saturated heterocycles. The first-order valence-corrected chi connectivity index (χ1v) is 6.17. The zero-order valence-electron chi connectivity index (χ0n) is 10.2. The van der Waals surface area contributed by atoms with E-state index in [-0.39, 0.29) is 18.5 Å². The van der Waals surface area contributed by atoms with E-state index in [1.165, 1.54) is 17.7 Å². The average Bonchev–Trinajstić information content (AvgIpc) is 2.88. The summed E-state index contributed by atoms with van der Waals surface area (Å²) in [4.78, 5) is 26.1. The molecule has 2 rings (SSSR count). The van der Waals surface area contributed by atoms with Gasteiger partial charge in [-0.2, -0.15) is 0 Å². The minimum atomic E-state index is -0.262. The van der Waals surface area contributed by atoms with E-state index in [1.54, 1.807) is 0 Å². The number of hydrogen-bond acceptors (Lipinski definition) is 4. The van der Waals surface area contributed by atoms with Crippen molar-refractivity contribution in [2.45, 2.75) is 18.9 Å². The molecule has 2 aliphatic rings. The predicted octanol–water partition coefficient (Wildman–Crippen LogP) is -0.778. The van der Waals surface area contributed by atoms with Crippen molar-refractivity contribution >= 4 is 11.9 Å². The molecule has 6 heteroatoms. The summed E-state index contributed by atoms with van der Waals surface area (Å²) in [6.45, 7) is 3.44. The van der Waals surface area contributed by atoms with Gasteiger partial charge in [-0.25, -0.2) is 4.79 Å². The molecule has 1 atom stereocenters. The van der Waals surface area contributed by atoms with Crippen molar-refractivity contribution in [3.63, 3.8) is 0 Å². The Morgan fingerprint density at radius 2 is 2.29 bits per heavy atom. The van der Waals surface area contributed by atoms with Gasteiger partial charge < -0.3 is 15.5 Å². The molecule has 2 N–H and O–H groups in total. The van der Waals surface area contributed by atoms with Gasteiger partial charge in [0.25, 0.3) is 0 Å². The molecule has 0 spiro atoms. The number of rotatable bonds is 5. The number of hydrogen-bond donors (Lipinski definition) is 2. The molecule has 0 radical (unpaired) electrons. The van der Waals surface area contributed by atoms with E-state index < -0.39 is 0 Å². The second-order valence-corrected chi connectivity index (χ2v) is 4.76. The van der Waals surface area contributed by atoms with E-state index >= 15 is 0 Å². The number of carbonyl (C=O) groups is 2. The highest BCUT2D eigenvalue weighted by Crippen LogP contribution is 2.06. The van der Waals surface area contributed by atoms with E-state index in [2.05, 4.69) is 15.5 Å². The standard InChI is InChI=1S/C11H20N4O2/c1-14(8-9-3-2-4-12-9)5-6-15-10(16)7-13-11(15)17/h9,12H,2-8H2,1H3,(H,13,17). The molecular weight excluding hydrogens is 220 g/mol. The third-order valence-electron chi connectivity index (χ3n) is 3.34. The summed E-state index contributed by atoms with van der Waals surface area (Å²) in [5, 5.41) is 5.95. The highest BCUT2D eigenvalue weighted by atomic mass is 16.2. The van der Waals surface area contributed by atoms with E-state index in [4.69, 9.17) is 0 Å². The van der Waals surface area contributed by atoms with Crippen molar-refractivity contribution in [1.29, 1.82) is 0 Å². The van der Waals surface area contributed by atoms with E-state index in [0.29, 0.717) is 12.6 Å². The lowest BCUT2D eigenvalue weighted by atomic mass is 10.2. The highest BCUT2D eigenvalue weighted by molar-refractivity contribution is 6.01. The molecule has 17 heavy (non-hydrogen) atoms. The summed E-state index contributed by atoms with van der Waals surface area (Å²) in [5.74, 6) is -0.123. The van der Waals surface area contributed by atoms with Crippen LogP contribution in [0.2, 0.25) is 0 Å². The fraction of sp³-hybridized carbons (Fsp3) is 0.818. The highest BCUT2D eigenvalue weighted by Gasteiger charge is 2.28. The van der Waals surface area contributed by atoms with Gasteiger partial charge in [-0.05, 0) is 26.4 Å². The normalized spacial score (nSPS) is 24.8. The largest absolute Gasteiger partial charge is 0.329 e. The van der Waals surface area contributed by atoms with E-state index in [9.17, 15) is 9.59 Å². The lowest BCUT2D eigenvalue weighted by molar-refractivity contribution is -0.125. The zero-order valence-corrected chi connectivity index (χ0v) is 10.2. The first-order valence-electron chi connectivity index (χ1n) is 6.17. The van der Waals surface area contributed by atoms with Crippen LogP contribution in [0.3, 0.4) is 0 Å². The molecule has 96 valence electrons. The Kier molecular flexibility index (Phi) is 3.96. The first-order chi connectivity index (χ1) is 8.16. The number of carbonyl (C=O) groups excluding carboxylic acids is 2. The van der Waals surface area contributed by atoms with Crippen LogP contribution >= 0.6 is 0 Å². The number of nitrogens with one attached hydrogen (secondary N) is 2. The molecule has 0 aromatic heterocycles. The van der Waals surface area contributed by atoms with Crippen LogP contribution in [-0.4, -0.2) is 67.6 Å². The SMILES string of the molecule is CN(CCN1C(=O)CNC1=O)CC1CCCN1. The molecule has 0 bridgehead atoms. The Hall–Kier alpha value is -1.14. The monoisotopic (exact) mass is 240 g/mol.